The summed E-state index contributed by atoms with van der Waals surface area (Å²) in [5.41, 5.74) is 5.49. The zero-order valence-corrected chi connectivity index (χ0v) is 7.31. The molecule has 0 saturated heterocycles. The van der Waals surface area contributed by atoms with Gasteiger partial charge >= 0.3 is 12.1 Å². The van der Waals surface area contributed by atoms with Crippen LogP contribution in [0.4, 0.5) is 9.59 Å². The van der Waals surface area contributed by atoms with Gasteiger partial charge in [0, 0.05) is 6.21 Å². The van der Waals surface area contributed by atoms with E-state index in [4.69, 9.17) is 5.73 Å². The molecule has 5 heteroatoms. The van der Waals surface area contributed by atoms with Gasteiger partial charge in [-0.3, -0.25) is 5.32 Å². The number of primary amides is 1. The summed E-state index contributed by atoms with van der Waals surface area (Å²) in [6.07, 6.45) is 1.35. The van der Waals surface area contributed by atoms with Crippen molar-refractivity contribution in [3.8, 4) is 0 Å². The van der Waals surface area contributed by atoms with Crippen LogP contribution in [-0.4, -0.2) is 18.3 Å². The van der Waals surface area contributed by atoms with Crippen LogP contribution >= 0.6 is 0 Å². The molecule has 0 saturated carbocycles. The number of nitrogens with two attached hydrogens (primary N) is 1. The van der Waals surface area contributed by atoms with Gasteiger partial charge in [-0.1, -0.05) is 30.3 Å². The van der Waals surface area contributed by atoms with Gasteiger partial charge in [0.1, 0.15) is 0 Å². The minimum absolute atomic E-state index is 0.770. The molecule has 0 unspecified atom stereocenters. The molecule has 0 heterocycles. The van der Waals surface area contributed by atoms with Crippen molar-refractivity contribution in [2.24, 2.45) is 10.7 Å². The number of hydrogen-bond donors (Lipinski definition) is 2. The maximum absolute atomic E-state index is 10.8. The average Bonchev–Trinajstić information content (AvgIpc) is 2.15. The van der Waals surface area contributed by atoms with Crippen LogP contribution in [-0.2, 0) is 0 Å². The molecule has 0 aliphatic carbocycles. The lowest BCUT2D eigenvalue weighted by atomic mass is 10.2. The quantitative estimate of drug-likeness (QED) is 0.646. The molecule has 0 aromatic heterocycles. The lowest BCUT2D eigenvalue weighted by Crippen LogP contribution is -2.32. The number of benzene rings is 1. The first-order valence-electron chi connectivity index (χ1n) is 3.88. The van der Waals surface area contributed by atoms with Crippen LogP contribution in [0.1, 0.15) is 5.56 Å². The van der Waals surface area contributed by atoms with Crippen molar-refractivity contribution in [1.82, 2.24) is 5.32 Å². The van der Waals surface area contributed by atoms with Crippen molar-refractivity contribution in [3.63, 3.8) is 0 Å². The van der Waals surface area contributed by atoms with E-state index in [-0.39, 0.29) is 0 Å². The molecule has 0 radical (unpaired) electrons. The number of carbonyl (C=O) groups is 2. The van der Waals surface area contributed by atoms with E-state index in [0.717, 1.165) is 5.56 Å². The third-order valence-electron chi connectivity index (χ3n) is 1.36. The summed E-state index contributed by atoms with van der Waals surface area (Å²) in [6.45, 7) is 0. The Hall–Kier alpha value is -2.17. The first kappa shape index (κ1) is 9.91. The van der Waals surface area contributed by atoms with Gasteiger partial charge in [-0.15, -0.1) is 0 Å². The van der Waals surface area contributed by atoms with Crippen LogP contribution in [0.5, 0.6) is 0 Å². The molecule has 1 aromatic rings. The molecular weight excluding hydrogens is 182 g/mol. The third kappa shape index (κ3) is 3.48. The number of amides is 4. The maximum Gasteiger partial charge on any atom is 0.348 e. The number of hydrogen-bond acceptors (Lipinski definition) is 2. The molecule has 0 atom stereocenters. The normalized spacial score (nSPS) is 10.0. The number of nitrogens with zero attached hydrogens (tertiary/aromatic N) is 1. The molecule has 0 spiro atoms. The van der Waals surface area contributed by atoms with Gasteiger partial charge in [0.25, 0.3) is 0 Å². The highest BCUT2D eigenvalue weighted by molar-refractivity contribution is 5.98. The molecular formula is C9H9N3O2. The molecule has 4 amide bonds. The summed E-state index contributed by atoms with van der Waals surface area (Å²) >= 11 is 0. The Bertz CT molecular complexity index is 360. The highest BCUT2D eigenvalue weighted by atomic mass is 16.2. The summed E-state index contributed by atoms with van der Waals surface area (Å²) < 4.78 is 0. The van der Waals surface area contributed by atoms with E-state index in [0.29, 0.717) is 0 Å². The Morgan fingerprint density at radius 2 is 1.93 bits per heavy atom. The van der Waals surface area contributed by atoms with Crippen molar-refractivity contribution < 1.29 is 9.59 Å². The highest BCUT2D eigenvalue weighted by Gasteiger charge is 1.98. The Balaban J connectivity index is 2.56. The van der Waals surface area contributed by atoms with Gasteiger partial charge < -0.3 is 5.73 Å². The van der Waals surface area contributed by atoms with Crippen molar-refractivity contribution >= 4 is 18.3 Å². The minimum Gasteiger partial charge on any atom is -0.351 e. The molecule has 1 aromatic carbocycles. The fourth-order valence-electron chi connectivity index (χ4n) is 0.810. The molecule has 0 fully saturated rings. The van der Waals surface area contributed by atoms with E-state index < -0.39 is 12.1 Å². The predicted octanol–water partition coefficient (Wildman–Crippen LogP) is 0.894. The summed E-state index contributed by atoms with van der Waals surface area (Å²) in [6, 6.07) is 7.34. The number of nitrogens with one attached hydrogen (secondary N) is 1. The van der Waals surface area contributed by atoms with E-state index >= 15 is 0 Å². The molecule has 0 bridgehead atoms. The van der Waals surface area contributed by atoms with E-state index in [1.54, 1.807) is 12.1 Å². The van der Waals surface area contributed by atoms with E-state index in [1.807, 2.05) is 23.5 Å². The SMILES string of the molecule is NC(=O)NC(=O)N=Cc1ccccc1. The lowest BCUT2D eigenvalue weighted by Gasteiger charge is -1.93. The van der Waals surface area contributed by atoms with E-state index in [1.165, 1.54) is 6.21 Å². The van der Waals surface area contributed by atoms with Crippen LogP contribution in [0.25, 0.3) is 0 Å². The van der Waals surface area contributed by atoms with E-state index in [2.05, 4.69) is 4.99 Å². The number of rotatable bonds is 1. The molecule has 0 aliphatic heterocycles. The first-order chi connectivity index (χ1) is 6.68. The zero-order valence-electron chi connectivity index (χ0n) is 7.31. The van der Waals surface area contributed by atoms with Gasteiger partial charge in [-0.25, -0.2) is 14.6 Å². The summed E-state index contributed by atoms with van der Waals surface area (Å²) in [5.74, 6) is 0. The van der Waals surface area contributed by atoms with Gasteiger partial charge in [0.15, 0.2) is 0 Å². The molecule has 72 valence electrons. The van der Waals surface area contributed by atoms with Crippen LogP contribution < -0.4 is 11.1 Å². The Kier molecular flexibility index (Phi) is 3.37. The standard InChI is InChI=1S/C9H9N3O2/c10-8(13)12-9(14)11-6-7-4-2-1-3-5-7/h1-6H,(H3,10,12,13,14). The van der Waals surface area contributed by atoms with Crippen molar-refractivity contribution in [3.05, 3.63) is 35.9 Å². The van der Waals surface area contributed by atoms with Gasteiger partial charge in [0.05, 0.1) is 0 Å². The van der Waals surface area contributed by atoms with Crippen molar-refractivity contribution in [2.75, 3.05) is 0 Å². The zero-order chi connectivity index (χ0) is 10.4. The van der Waals surface area contributed by atoms with Crippen LogP contribution in [0.15, 0.2) is 35.3 Å². The molecule has 0 aliphatic rings. The van der Waals surface area contributed by atoms with E-state index in [9.17, 15) is 9.59 Å². The smallest absolute Gasteiger partial charge is 0.348 e. The first-order valence-corrected chi connectivity index (χ1v) is 3.88. The molecule has 3 N–H and O–H groups in total. The van der Waals surface area contributed by atoms with Crippen LogP contribution in [0, 0.1) is 0 Å². The Labute approximate surface area is 80.6 Å². The summed E-state index contributed by atoms with van der Waals surface area (Å²) in [7, 11) is 0. The minimum atomic E-state index is -0.916. The second-order valence-electron chi connectivity index (χ2n) is 2.46. The molecule has 14 heavy (non-hydrogen) atoms. The summed E-state index contributed by atoms with van der Waals surface area (Å²) in [5, 5.41) is 1.82. The predicted molar refractivity (Wildman–Crippen MR) is 52.2 cm³/mol. The van der Waals surface area contributed by atoms with Crippen LogP contribution in [0.2, 0.25) is 0 Å². The summed E-state index contributed by atoms with van der Waals surface area (Å²) in [4.78, 5) is 24.5. The largest absolute Gasteiger partial charge is 0.351 e. The third-order valence-corrected chi connectivity index (χ3v) is 1.36. The number of urea groups is 2. The van der Waals surface area contributed by atoms with Crippen LogP contribution in [0.3, 0.4) is 0 Å². The number of aliphatic imine (C=N–C) groups is 1. The fourth-order valence-corrected chi connectivity index (χ4v) is 0.810. The lowest BCUT2D eigenvalue weighted by molar-refractivity contribution is 0.237. The second-order valence-corrected chi connectivity index (χ2v) is 2.46. The Morgan fingerprint density at radius 3 is 2.50 bits per heavy atom. The highest BCUT2D eigenvalue weighted by Crippen LogP contribution is 1.93. The van der Waals surface area contributed by atoms with Gasteiger partial charge in [-0.05, 0) is 5.56 Å². The average molecular weight is 191 g/mol. The fraction of sp³-hybridized carbons (Fsp3) is 0. The second kappa shape index (κ2) is 4.76. The van der Waals surface area contributed by atoms with Crippen molar-refractivity contribution in [2.45, 2.75) is 0 Å². The molecule has 5 nitrogen and oxygen atoms in total. The van der Waals surface area contributed by atoms with Gasteiger partial charge in [0.2, 0.25) is 0 Å². The molecule has 1 rings (SSSR count). The monoisotopic (exact) mass is 191 g/mol. The maximum atomic E-state index is 10.8. The topological polar surface area (TPSA) is 84.5 Å². The number of imide groups is 1. The van der Waals surface area contributed by atoms with Gasteiger partial charge in [-0.2, -0.15) is 0 Å². The number of carbonyl (C=O) groups excluding carboxylic acids is 2. The Morgan fingerprint density at radius 1 is 1.29 bits per heavy atom. The van der Waals surface area contributed by atoms with Crippen molar-refractivity contribution in [1.29, 1.82) is 0 Å².